The van der Waals surface area contributed by atoms with Crippen molar-refractivity contribution < 1.29 is 9.53 Å². The zero-order valence-corrected chi connectivity index (χ0v) is 12.6. The van der Waals surface area contributed by atoms with Crippen LogP contribution in [-0.4, -0.2) is 42.6 Å². The van der Waals surface area contributed by atoms with E-state index in [2.05, 4.69) is 17.3 Å². The largest absolute Gasteiger partial charge is 0.497 e. The third-order valence-electron chi connectivity index (χ3n) is 5.10. The van der Waals surface area contributed by atoms with E-state index in [-0.39, 0.29) is 5.91 Å². The highest BCUT2D eigenvalue weighted by Crippen LogP contribution is 2.41. The predicted molar refractivity (Wildman–Crippen MR) is 82.3 cm³/mol. The highest BCUT2D eigenvalue weighted by molar-refractivity contribution is 5.88. The van der Waals surface area contributed by atoms with E-state index in [1.54, 1.807) is 7.11 Å². The summed E-state index contributed by atoms with van der Waals surface area (Å²) in [7, 11) is 3.79. The molecular formula is C16H23N3O2. The van der Waals surface area contributed by atoms with E-state index in [1.807, 2.05) is 24.3 Å². The van der Waals surface area contributed by atoms with Crippen molar-refractivity contribution >= 4 is 11.6 Å². The summed E-state index contributed by atoms with van der Waals surface area (Å²) in [6, 6.07) is 8.54. The van der Waals surface area contributed by atoms with E-state index in [9.17, 15) is 4.79 Å². The zero-order valence-electron chi connectivity index (χ0n) is 12.6. The molecule has 1 amide bonds. The number of carbonyl (C=O) groups excluding carboxylic acids is 1. The number of ether oxygens (including phenoxy) is 1. The van der Waals surface area contributed by atoms with Gasteiger partial charge in [-0.05, 0) is 57.0 Å². The lowest BCUT2D eigenvalue weighted by atomic mass is 9.82. The fraction of sp³-hybridized carbons (Fsp3) is 0.562. The van der Waals surface area contributed by atoms with E-state index in [0.717, 1.165) is 37.1 Å². The number of hydrogen-bond acceptors (Lipinski definition) is 4. The van der Waals surface area contributed by atoms with Crippen molar-refractivity contribution in [3.8, 4) is 5.75 Å². The molecule has 0 radical (unpaired) electrons. The summed E-state index contributed by atoms with van der Waals surface area (Å²) in [5.74, 6) is 0.556. The van der Waals surface area contributed by atoms with Crippen LogP contribution in [0.15, 0.2) is 24.3 Å². The van der Waals surface area contributed by atoms with Crippen molar-refractivity contribution in [1.29, 1.82) is 0 Å². The molecule has 2 heterocycles. The van der Waals surface area contributed by atoms with E-state index in [1.165, 1.54) is 0 Å². The van der Waals surface area contributed by atoms with Crippen LogP contribution in [0.4, 0.5) is 5.69 Å². The molecular weight excluding hydrogens is 266 g/mol. The molecule has 3 N–H and O–H groups in total. The Bertz CT molecular complexity index is 515. The van der Waals surface area contributed by atoms with Crippen LogP contribution in [0.5, 0.6) is 5.75 Å². The third-order valence-corrected chi connectivity index (χ3v) is 5.10. The smallest absolute Gasteiger partial charge is 0.243 e. The number of piperidine rings is 1. The van der Waals surface area contributed by atoms with Crippen molar-refractivity contribution in [2.45, 2.75) is 43.3 Å². The maximum absolute atomic E-state index is 12.1. The molecule has 2 unspecified atom stereocenters. The highest BCUT2D eigenvalue weighted by atomic mass is 16.5. The molecule has 21 heavy (non-hydrogen) atoms. The summed E-state index contributed by atoms with van der Waals surface area (Å²) in [6.45, 7) is 0. The molecule has 5 heteroatoms. The van der Waals surface area contributed by atoms with Crippen molar-refractivity contribution in [1.82, 2.24) is 4.90 Å². The Kier molecular flexibility index (Phi) is 3.53. The maximum atomic E-state index is 12.1. The standard InChI is InChI=1S/C16H23N3O2/c1-19-12-5-6-13(19)10-16(9-12,15(17)20)18-11-3-7-14(21-2)8-4-11/h3-4,7-8,12-13,18H,5-6,9-10H2,1-2H3,(H2,17,20). The molecule has 3 rings (SSSR count). The van der Waals surface area contributed by atoms with Crippen LogP contribution in [0.1, 0.15) is 25.7 Å². The molecule has 2 fully saturated rings. The van der Waals surface area contributed by atoms with Gasteiger partial charge in [0.25, 0.3) is 0 Å². The number of rotatable bonds is 4. The van der Waals surface area contributed by atoms with Crippen molar-refractivity contribution in [2.24, 2.45) is 5.73 Å². The van der Waals surface area contributed by atoms with Crippen molar-refractivity contribution in [3.63, 3.8) is 0 Å². The highest BCUT2D eigenvalue weighted by Gasteiger charge is 2.50. The summed E-state index contributed by atoms with van der Waals surface area (Å²) in [5, 5.41) is 3.41. The number of methoxy groups -OCH3 is 1. The first-order chi connectivity index (χ1) is 10.0. The fourth-order valence-corrected chi connectivity index (χ4v) is 3.79. The molecule has 2 aliphatic rings. The minimum atomic E-state index is -0.632. The van der Waals surface area contributed by atoms with Crippen LogP contribution >= 0.6 is 0 Å². The van der Waals surface area contributed by atoms with Crippen LogP contribution in [-0.2, 0) is 4.79 Å². The average molecular weight is 289 g/mol. The summed E-state index contributed by atoms with van der Waals surface area (Å²) < 4.78 is 5.16. The SMILES string of the molecule is COc1ccc(NC2(C(N)=O)CC3CCC(C2)N3C)cc1. The predicted octanol–water partition coefficient (Wildman–Crippen LogP) is 1.59. The first-order valence-electron chi connectivity index (χ1n) is 7.48. The average Bonchev–Trinajstić information content (AvgIpc) is 2.71. The maximum Gasteiger partial charge on any atom is 0.243 e. The zero-order chi connectivity index (χ0) is 15.0. The summed E-state index contributed by atoms with van der Waals surface area (Å²) in [4.78, 5) is 14.5. The number of amides is 1. The van der Waals surface area contributed by atoms with Gasteiger partial charge in [-0.1, -0.05) is 0 Å². The monoisotopic (exact) mass is 289 g/mol. The number of carbonyl (C=O) groups is 1. The lowest BCUT2D eigenvalue weighted by molar-refractivity contribution is -0.124. The second kappa shape index (κ2) is 5.22. The van der Waals surface area contributed by atoms with Gasteiger partial charge < -0.3 is 20.7 Å². The third kappa shape index (κ3) is 2.46. The van der Waals surface area contributed by atoms with Gasteiger partial charge in [-0.15, -0.1) is 0 Å². The summed E-state index contributed by atoms with van der Waals surface area (Å²) in [6.07, 6.45) is 3.86. The topological polar surface area (TPSA) is 67.6 Å². The Hall–Kier alpha value is -1.75. The second-order valence-electron chi connectivity index (χ2n) is 6.26. The number of anilines is 1. The van der Waals surface area contributed by atoms with Gasteiger partial charge in [0.2, 0.25) is 5.91 Å². The number of nitrogens with two attached hydrogens (primary N) is 1. The first-order valence-corrected chi connectivity index (χ1v) is 7.48. The van der Waals surface area contributed by atoms with Crippen LogP contribution < -0.4 is 15.8 Å². The van der Waals surface area contributed by atoms with Gasteiger partial charge in [0.1, 0.15) is 11.3 Å². The minimum Gasteiger partial charge on any atom is -0.497 e. The van der Waals surface area contributed by atoms with Crippen LogP contribution in [0.3, 0.4) is 0 Å². The molecule has 5 nitrogen and oxygen atoms in total. The van der Waals surface area contributed by atoms with E-state index < -0.39 is 5.54 Å². The number of nitrogens with one attached hydrogen (secondary N) is 1. The Labute approximate surface area is 125 Å². The van der Waals surface area contributed by atoms with Crippen molar-refractivity contribution in [3.05, 3.63) is 24.3 Å². The Morgan fingerprint density at radius 3 is 2.33 bits per heavy atom. The number of nitrogens with zero attached hydrogens (tertiary/aromatic N) is 1. The van der Waals surface area contributed by atoms with Crippen molar-refractivity contribution in [2.75, 3.05) is 19.5 Å². The molecule has 114 valence electrons. The summed E-state index contributed by atoms with van der Waals surface area (Å²) in [5.41, 5.74) is 6.04. The van der Waals surface area contributed by atoms with Gasteiger partial charge in [-0.3, -0.25) is 4.79 Å². The van der Waals surface area contributed by atoms with E-state index in [0.29, 0.717) is 12.1 Å². The lowest BCUT2D eigenvalue weighted by Crippen LogP contribution is -2.59. The Morgan fingerprint density at radius 1 is 1.29 bits per heavy atom. The molecule has 2 bridgehead atoms. The minimum absolute atomic E-state index is 0.247. The first kappa shape index (κ1) is 14.2. The number of fused-ring (bicyclic) bond motifs is 2. The van der Waals surface area contributed by atoms with Gasteiger partial charge >= 0.3 is 0 Å². The van der Waals surface area contributed by atoms with Crippen LogP contribution in [0.2, 0.25) is 0 Å². The number of hydrogen-bond donors (Lipinski definition) is 2. The van der Waals surface area contributed by atoms with E-state index >= 15 is 0 Å². The van der Waals surface area contributed by atoms with Gasteiger partial charge in [-0.2, -0.15) is 0 Å². The normalized spacial score (nSPS) is 31.9. The molecule has 1 aromatic carbocycles. The van der Waals surface area contributed by atoms with Gasteiger partial charge in [-0.25, -0.2) is 0 Å². The second-order valence-corrected chi connectivity index (χ2v) is 6.26. The molecule has 0 saturated carbocycles. The molecule has 2 atom stereocenters. The van der Waals surface area contributed by atoms with Crippen LogP contribution in [0.25, 0.3) is 0 Å². The summed E-state index contributed by atoms with van der Waals surface area (Å²) >= 11 is 0. The Morgan fingerprint density at radius 2 is 1.86 bits per heavy atom. The molecule has 0 aliphatic carbocycles. The van der Waals surface area contributed by atoms with Gasteiger partial charge in [0.05, 0.1) is 7.11 Å². The Balaban J connectivity index is 1.83. The molecule has 2 aliphatic heterocycles. The quantitative estimate of drug-likeness (QED) is 0.883. The molecule has 2 saturated heterocycles. The number of primary amides is 1. The van der Waals surface area contributed by atoms with Gasteiger partial charge in [0.15, 0.2) is 0 Å². The van der Waals surface area contributed by atoms with Gasteiger partial charge in [0, 0.05) is 17.8 Å². The van der Waals surface area contributed by atoms with Crippen LogP contribution in [0, 0.1) is 0 Å². The van der Waals surface area contributed by atoms with E-state index in [4.69, 9.17) is 10.5 Å². The molecule has 0 spiro atoms. The fourth-order valence-electron chi connectivity index (χ4n) is 3.79. The molecule has 1 aromatic rings. The molecule has 0 aromatic heterocycles. The lowest BCUT2D eigenvalue weighted by Gasteiger charge is -2.44. The number of benzene rings is 1.